The molecule has 7 nitrogen and oxygen atoms in total. The lowest BCUT2D eigenvalue weighted by Crippen LogP contribution is -2.30. The van der Waals surface area contributed by atoms with Crippen LogP contribution in [-0.2, 0) is 23.1 Å². The molecular weight excluding hydrogens is 326 g/mol. The monoisotopic (exact) mass is 339 g/mol. The molecule has 9 heteroatoms. The summed E-state index contributed by atoms with van der Waals surface area (Å²) < 4.78 is 32.7. The van der Waals surface area contributed by atoms with Gasteiger partial charge in [-0.1, -0.05) is 0 Å². The van der Waals surface area contributed by atoms with E-state index in [9.17, 15) is 13.2 Å². The van der Waals surface area contributed by atoms with Crippen molar-refractivity contribution in [1.29, 1.82) is 0 Å². The largest absolute Gasteiger partial charge is 0.468 e. The number of aryl methyl sites for hydroxylation is 1. The third-order valence-electron chi connectivity index (χ3n) is 3.10. The van der Waals surface area contributed by atoms with Gasteiger partial charge < -0.3 is 4.42 Å². The van der Waals surface area contributed by atoms with Crippen molar-refractivity contribution in [3.05, 3.63) is 52.3 Å². The number of nitrogens with zero attached hydrogens (tertiary/aromatic N) is 2. The predicted molar refractivity (Wildman–Crippen MR) is 83.2 cm³/mol. The van der Waals surface area contributed by atoms with E-state index in [1.165, 1.54) is 28.5 Å². The van der Waals surface area contributed by atoms with E-state index >= 15 is 0 Å². The number of thiophene rings is 1. The van der Waals surface area contributed by atoms with Crippen LogP contribution in [0.2, 0.25) is 0 Å². The summed E-state index contributed by atoms with van der Waals surface area (Å²) in [5, 5.41) is 2.29. The zero-order valence-electron chi connectivity index (χ0n) is 11.4. The van der Waals surface area contributed by atoms with Crippen LogP contribution in [0.25, 0.3) is 10.2 Å². The lowest BCUT2D eigenvalue weighted by atomic mass is 10.4. The van der Waals surface area contributed by atoms with E-state index in [-0.39, 0.29) is 24.4 Å². The summed E-state index contributed by atoms with van der Waals surface area (Å²) in [6.07, 6.45) is 2.86. The van der Waals surface area contributed by atoms with E-state index in [2.05, 4.69) is 9.71 Å². The van der Waals surface area contributed by atoms with Crippen LogP contribution in [0.3, 0.4) is 0 Å². The molecule has 3 rings (SSSR count). The fourth-order valence-electron chi connectivity index (χ4n) is 1.94. The maximum absolute atomic E-state index is 12.2. The summed E-state index contributed by atoms with van der Waals surface area (Å²) in [4.78, 5) is 16.9. The smallest absolute Gasteiger partial charge is 0.262 e. The van der Waals surface area contributed by atoms with Gasteiger partial charge in [0.2, 0.25) is 10.0 Å². The molecule has 0 aromatic carbocycles. The van der Waals surface area contributed by atoms with Crippen LogP contribution in [0.1, 0.15) is 5.76 Å². The van der Waals surface area contributed by atoms with Gasteiger partial charge in [-0.15, -0.1) is 11.3 Å². The van der Waals surface area contributed by atoms with E-state index in [0.29, 0.717) is 16.0 Å². The fourth-order valence-corrected chi connectivity index (χ4v) is 3.60. The van der Waals surface area contributed by atoms with Gasteiger partial charge >= 0.3 is 0 Å². The Morgan fingerprint density at radius 1 is 1.36 bits per heavy atom. The Kier molecular flexibility index (Phi) is 4.10. The number of nitrogens with one attached hydrogen (secondary N) is 1. The van der Waals surface area contributed by atoms with Crippen LogP contribution in [0.4, 0.5) is 0 Å². The number of hydrogen-bond acceptors (Lipinski definition) is 6. The van der Waals surface area contributed by atoms with Gasteiger partial charge in [-0.3, -0.25) is 9.36 Å². The third kappa shape index (κ3) is 3.26. The van der Waals surface area contributed by atoms with Crippen molar-refractivity contribution in [3.63, 3.8) is 0 Å². The molecule has 0 amide bonds. The van der Waals surface area contributed by atoms with Crippen molar-refractivity contribution in [2.24, 2.45) is 0 Å². The van der Waals surface area contributed by atoms with Gasteiger partial charge in [0, 0.05) is 6.54 Å². The topological polar surface area (TPSA) is 94.2 Å². The summed E-state index contributed by atoms with van der Waals surface area (Å²) in [7, 11) is -3.51. The number of fused-ring (bicyclic) bond motifs is 1. The summed E-state index contributed by atoms with van der Waals surface area (Å²) in [5.41, 5.74) is -0.229. The van der Waals surface area contributed by atoms with Crippen LogP contribution >= 0.6 is 11.3 Å². The van der Waals surface area contributed by atoms with E-state index in [1.807, 2.05) is 0 Å². The van der Waals surface area contributed by atoms with Crippen molar-refractivity contribution < 1.29 is 12.8 Å². The molecule has 3 aromatic heterocycles. The summed E-state index contributed by atoms with van der Waals surface area (Å²) in [5.74, 6) is 0.326. The van der Waals surface area contributed by atoms with Gasteiger partial charge in [0.05, 0.1) is 30.3 Å². The second-order valence-electron chi connectivity index (χ2n) is 4.60. The first-order valence-corrected chi connectivity index (χ1v) is 9.01. The number of furan rings is 1. The molecule has 0 aliphatic carbocycles. The van der Waals surface area contributed by atoms with Crippen molar-refractivity contribution in [1.82, 2.24) is 14.3 Å². The molecule has 3 aromatic rings. The molecule has 3 heterocycles. The number of aromatic nitrogens is 2. The van der Waals surface area contributed by atoms with Gasteiger partial charge in [-0.2, -0.15) is 0 Å². The normalized spacial score (nSPS) is 12.0. The highest BCUT2D eigenvalue weighted by atomic mass is 32.2. The minimum absolute atomic E-state index is 0.0467. The average Bonchev–Trinajstić information content (AvgIpc) is 3.16. The maximum atomic E-state index is 12.2. The maximum Gasteiger partial charge on any atom is 0.262 e. The SMILES string of the molecule is O=c1c2ccsc2ncn1CCS(=O)(=O)NCc1ccco1. The molecule has 22 heavy (non-hydrogen) atoms. The standard InChI is InChI=1S/C13H13N3O4S2/c17-13-11-3-6-21-12(11)14-9-16(13)4-7-22(18,19)15-8-10-2-1-5-20-10/h1-3,5-6,9,15H,4,7-8H2. The van der Waals surface area contributed by atoms with E-state index in [0.717, 1.165) is 0 Å². The molecule has 0 spiro atoms. The van der Waals surface area contributed by atoms with E-state index in [1.54, 1.807) is 23.6 Å². The molecule has 0 unspecified atom stereocenters. The highest BCUT2D eigenvalue weighted by Gasteiger charge is 2.13. The van der Waals surface area contributed by atoms with Gasteiger partial charge in [-0.05, 0) is 23.6 Å². The minimum Gasteiger partial charge on any atom is -0.468 e. The van der Waals surface area contributed by atoms with Crippen LogP contribution in [-0.4, -0.2) is 23.7 Å². The Bertz CT molecular complexity index is 926. The van der Waals surface area contributed by atoms with E-state index in [4.69, 9.17) is 4.42 Å². The van der Waals surface area contributed by atoms with Gasteiger partial charge in [0.1, 0.15) is 10.6 Å². The van der Waals surface area contributed by atoms with Crippen molar-refractivity contribution in [2.45, 2.75) is 13.1 Å². The molecule has 0 radical (unpaired) electrons. The second kappa shape index (κ2) is 6.03. The van der Waals surface area contributed by atoms with Crippen LogP contribution in [0.5, 0.6) is 0 Å². The first kappa shape index (κ1) is 14.9. The third-order valence-corrected chi connectivity index (χ3v) is 5.22. The molecule has 0 atom stereocenters. The Labute approximate surface area is 130 Å². The summed E-state index contributed by atoms with van der Waals surface area (Å²) in [6.45, 7) is 0.136. The Morgan fingerprint density at radius 3 is 3.00 bits per heavy atom. The molecule has 0 saturated heterocycles. The molecule has 0 bridgehead atoms. The highest BCUT2D eigenvalue weighted by Crippen LogP contribution is 2.13. The molecule has 0 fully saturated rings. The van der Waals surface area contributed by atoms with Crippen LogP contribution in [0.15, 0.2) is 45.4 Å². The first-order valence-electron chi connectivity index (χ1n) is 6.47. The average molecular weight is 339 g/mol. The summed E-state index contributed by atoms with van der Waals surface area (Å²) >= 11 is 1.37. The Balaban J connectivity index is 1.67. The van der Waals surface area contributed by atoms with E-state index < -0.39 is 10.0 Å². The van der Waals surface area contributed by atoms with Crippen molar-refractivity contribution >= 4 is 31.6 Å². The molecule has 0 aliphatic rings. The number of rotatable bonds is 6. The zero-order chi connectivity index (χ0) is 15.6. The lowest BCUT2D eigenvalue weighted by Gasteiger charge is -2.07. The lowest BCUT2D eigenvalue weighted by molar-refractivity contribution is 0.498. The molecular formula is C13H13N3O4S2. The fraction of sp³-hybridized carbons (Fsp3) is 0.231. The Morgan fingerprint density at radius 2 is 2.23 bits per heavy atom. The second-order valence-corrected chi connectivity index (χ2v) is 7.42. The predicted octanol–water partition coefficient (Wildman–Crippen LogP) is 1.17. The Hall–Kier alpha value is -1.97. The van der Waals surface area contributed by atoms with Gasteiger partial charge in [0.15, 0.2) is 0 Å². The van der Waals surface area contributed by atoms with Crippen molar-refractivity contribution in [2.75, 3.05) is 5.75 Å². The number of hydrogen-bond donors (Lipinski definition) is 1. The number of sulfonamides is 1. The van der Waals surface area contributed by atoms with Crippen LogP contribution < -0.4 is 10.3 Å². The van der Waals surface area contributed by atoms with Gasteiger partial charge in [0.25, 0.3) is 5.56 Å². The molecule has 0 saturated carbocycles. The van der Waals surface area contributed by atoms with Gasteiger partial charge in [-0.25, -0.2) is 18.1 Å². The van der Waals surface area contributed by atoms with Crippen molar-refractivity contribution in [3.8, 4) is 0 Å². The highest BCUT2D eigenvalue weighted by molar-refractivity contribution is 7.89. The molecule has 116 valence electrons. The molecule has 1 N–H and O–H groups in total. The minimum atomic E-state index is -3.51. The quantitative estimate of drug-likeness (QED) is 0.727. The first-order chi connectivity index (χ1) is 10.6. The molecule has 0 aliphatic heterocycles. The summed E-state index contributed by atoms with van der Waals surface area (Å²) in [6, 6.07) is 5.06. The van der Waals surface area contributed by atoms with Crippen LogP contribution in [0, 0.1) is 0 Å². The zero-order valence-corrected chi connectivity index (χ0v) is 13.1.